The fraction of sp³-hybridized carbons (Fsp3) is 0. The van der Waals surface area contributed by atoms with Gasteiger partial charge >= 0.3 is 0 Å². The Morgan fingerprint density at radius 3 is 2.44 bits per heavy atom. The average molecular weight is 372 g/mol. The molecule has 0 aliphatic carbocycles. The highest BCUT2D eigenvalue weighted by Crippen LogP contribution is 2.38. The molecule has 0 bridgehead atoms. The molecule has 0 fully saturated rings. The Hall–Kier alpha value is -3.55. The molecule has 1 aliphatic rings. The minimum absolute atomic E-state index is 0.208. The van der Waals surface area contributed by atoms with Crippen molar-refractivity contribution in [2.75, 3.05) is 10.6 Å². The molecule has 0 unspecified atom stereocenters. The van der Waals surface area contributed by atoms with Gasteiger partial charge in [0.2, 0.25) is 0 Å². The fourth-order valence-electron chi connectivity index (χ4n) is 3.05. The molecule has 5 heteroatoms. The van der Waals surface area contributed by atoms with Crippen molar-refractivity contribution in [2.24, 2.45) is 0 Å². The SMILES string of the molecule is N#Cc1ccc2c(c1)/C(=C(/Nc1ccc(Cl)cc1)c1ccccc1)C(=O)N2. The van der Waals surface area contributed by atoms with E-state index in [1.807, 2.05) is 42.5 Å². The molecule has 130 valence electrons. The monoisotopic (exact) mass is 371 g/mol. The maximum absolute atomic E-state index is 12.8. The van der Waals surface area contributed by atoms with Gasteiger partial charge < -0.3 is 10.6 Å². The fourth-order valence-corrected chi connectivity index (χ4v) is 3.17. The first kappa shape index (κ1) is 16.9. The molecule has 0 aromatic heterocycles. The van der Waals surface area contributed by atoms with Gasteiger partial charge in [-0.25, -0.2) is 0 Å². The topological polar surface area (TPSA) is 64.9 Å². The molecular formula is C22H14ClN3O. The Bertz CT molecular complexity index is 1100. The van der Waals surface area contributed by atoms with E-state index in [0.29, 0.717) is 33.1 Å². The standard InChI is InChI=1S/C22H14ClN3O/c23-16-7-9-17(10-8-16)25-21(15-4-2-1-3-5-15)20-18-12-14(13-24)6-11-19(18)26-22(20)27/h1-12,25H,(H,26,27)/b21-20-. The molecule has 0 radical (unpaired) electrons. The van der Waals surface area contributed by atoms with E-state index in [4.69, 9.17) is 11.6 Å². The molecule has 3 aromatic carbocycles. The van der Waals surface area contributed by atoms with Crippen LogP contribution in [0.5, 0.6) is 0 Å². The van der Waals surface area contributed by atoms with Crippen LogP contribution >= 0.6 is 11.6 Å². The van der Waals surface area contributed by atoms with E-state index in [9.17, 15) is 10.1 Å². The normalized spacial score (nSPS) is 14.1. The number of nitrogens with zero attached hydrogens (tertiary/aromatic N) is 1. The third-order valence-corrected chi connectivity index (χ3v) is 4.57. The Balaban J connectivity index is 1.92. The molecular weight excluding hydrogens is 358 g/mol. The molecule has 4 rings (SSSR count). The van der Waals surface area contributed by atoms with E-state index in [-0.39, 0.29) is 5.91 Å². The van der Waals surface area contributed by atoms with Crippen LogP contribution in [0.4, 0.5) is 11.4 Å². The van der Waals surface area contributed by atoms with Gasteiger partial charge in [-0.15, -0.1) is 0 Å². The number of nitriles is 1. The number of hydrogen-bond acceptors (Lipinski definition) is 3. The second-order valence-electron chi connectivity index (χ2n) is 6.07. The summed E-state index contributed by atoms with van der Waals surface area (Å²) in [5.74, 6) is -0.208. The lowest BCUT2D eigenvalue weighted by atomic mass is 9.98. The molecule has 1 amide bonds. The van der Waals surface area contributed by atoms with Crippen LogP contribution in [0.3, 0.4) is 0 Å². The van der Waals surface area contributed by atoms with Crippen molar-refractivity contribution in [3.63, 3.8) is 0 Å². The Labute approximate surface area is 161 Å². The molecule has 3 aromatic rings. The average Bonchev–Trinajstić information content (AvgIpc) is 3.03. The van der Waals surface area contributed by atoms with Gasteiger partial charge in [0.05, 0.1) is 22.9 Å². The predicted molar refractivity (Wildman–Crippen MR) is 108 cm³/mol. The maximum Gasteiger partial charge on any atom is 0.258 e. The number of nitrogens with one attached hydrogen (secondary N) is 2. The largest absolute Gasteiger partial charge is 0.354 e. The van der Waals surface area contributed by atoms with Crippen LogP contribution in [0.1, 0.15) is 16.7 Å². The van der Waals surface area contributed by atoms with Gasteiger partial charge in [0.25, 0.3) is 5.91 Å². The first-order valence-corrected chi connectivity index (χ1v) is 8.71. The number of rotatable bonds is 3. The van der Waals surface area contributed by atoms with Crippen LogP contribution < -0.4 is 10.6 Å². The quantitative estimate of drug-likeness (QED) is 0.626. The van der Waals surface area contributed by atoms with Gasteiger partial charge in [0.15, 0.2) is 0 Å². The number of fused-ring (bicyclic) bond motifs is 1. The van der Waals surface area contributed by atoms with Crippen molar-refractivity contribution >= 4 is 40.2 Å². The Morgan fingerprint density at radius 2 is 1.74 bits per heavy atom. The zero-order chi connectivity index (χ0) is 18.8. The van der Waals surface area contributed by atoms with Gasteiger partial charge in [-0.1, -0.05) is 41.9 Å². The molecule has 1 heterocycles. The van der Waals surface area contributed by atoms with Crippen LogP contribution in [-0.4, -0.2) is 5.91 Å². The number of hydrogen-bond donors (Lipinski definition) is 2. The molecule has 2 N–H and O–H groups in total. The zero-order valence-electron chi connectivity index (χ0n) is 14.2. The summed E-state index contributed by atoms with van der Waals surface area (Å²) in [5.41, 5.74) is 4.75. The summed E-state index contributed by atoms with van der Waals surface area (Å²) in [6, 6.07) is 24.2. The summed E-state index contributed by atoms with van der Waals surface area (Å²) in [6.45, 7) is 0. The summed E-state index contributed by atoms with van der Waals surface area (Å²) in [4.78, 5) is 12.8. The number of benzene rings is 3. The Morgan fingerprint density at radius 1 is 1.00 bits per heavy atom. The van der Waals surface area contributed by atoms with Crippen molar-refractivity contribution in [3.8, 4) is 6.07 Å². The molecule has 0 saturated carbocycles. The van der Waals surface area contributed by atoms with Crippen LogP contribution in [0.25, 0.3) is 11.3 Å². The number of carbonyl (C=O) groups is 1. The van der Waals surface area contributed by atoms with E-state index >= 15 is 0 Å². The van der Waals surface area contributed by atoms with Crippen molar-refractivity contribution in [2.45, 2.75) is 0 Å². The number of anilines is 2. The lowest BCUT2D eigenvalue weighted by Gasteiger charge is -2.15. The van der Waals surface area contributed by atoms with E-state index < -0.39 is 0 Å². The van der Waals surface area contributed by atoms with Gasteiger partial charge in [0, 0.05) is 22.0 Å². The minimum atomic E-state index is -0.208. The smallest absolute Gasteiger partial charge is 0.258 e. The molecule has 1 aliphatic heterocycles. The highest BCUT2D eigenvalue weighted by Gasteiger charge is 2.28. The molecule has 27 heavy (non-hydrogen) atoms. The highest BCUT2D eigenvalue weighted by molar-refractivity contribution is 6.37. The van der Waals surface area contributed by atoms with E-state index in [1.165, 1.54) is 0 Å². The number of amides is 1. The third kappa shape index (κ3) is 3.29. The third-order valence-electron chi connectivity index (χ3n) is 4.32. The summed E-state index contributed by atoms with van der Waals surface area (Å²) < 4.78 is 0. The highest BCUT2D eigenvalue weighted by atomic mass is 35.5. The molecule has 0 atom stereocenters. The number of halogens is 1. The van der Waals surface area contributed by atoms with E-state index in [0.717, 1.165) is 11.3 Å². The first-order chi connectivity index (χ1) is 13.2. The Kier molecular flexibility index (Phi) is 4.37. The van der Waals surface area contributed by atoms with Crippen molar-refractivity contribution in [1.82, 2.24) is 0 Å². The van der Waals surface area contributed by atoms with E-state index in [2.05, 4.69) is 16.7 Å². The number of carbonyl (C=O) groups excluding carboxylic acids is 1. The second kappa shape index (κ2) is 6.99. The van der Waals surface area contributed by atoms with Crippen LogP contribution in [0.15, 0.2) is 72.8 Å². The second-order valence-corrected chi connectivity index (χ2v) is 6.51. The molecule has 0 spiro atoms. The minimum Gasteiger partial charge on any atom is -0.354 e. The van der Waals surface area contributed by atoms with Crippen molar-refractivity contribution in [1.29, 1.82) is 5.26 Å². The zero-order valence-corrected chi connectivity index (χ0v) is 14.9. The van der Waals surface area contributed by atoms with Gasteiger partial charge in [-0.2, -0.15) is 5.26 Å². The van der Waals surface area contributed by atoms with Crippen LogP contribution in [0.2, 0.25) is 5.02 Å². The van der Waals surface area contributed by atoms with Crippen molar-refractivity contribution < 1.29 is 4.79 Å². The first-order valence-electron chi connectivity index (χ1n) is 8.34. The van der Waals surface area contributed by atoms with Gasteiger partial charge in [-0.05, 0) is 48.0 Å². The van der Waals surface area contributed by atoms with E-state index in [1.54, 1.807) is 30.3 Å². The predicted octanol–water partition coefficient (Wildman–Crippen LogP) is 5.14. The summed E-state index contributed by atoms with van der Waals surface area (Å²) in [6.07, 6.45) is 0. The summed E-state index contributed by atoms with van der Waals surface area (Å²) in [5, 5.41) is 16.1. The lowest BCUT2D eigenvalue weighted by Crippen LogP contribution is -2.10. The molecule has 4 nitrogen and oxygen atoms in total. The van der Waals surface area contributed by atoms with Gasteiger partial charge in [-0.3, -0.25) is 4.79 Å². The molecule has 0 saturated heterocycles. The lowest BCUT2D eigenvalue weighted by molar-refractivity contribution is -0.110. The van der Waals surface area contributed by atoms with Gasteiger partial charge in [0.1, 0.15) is 0 Å². The summed E-state index contributed by atoms with van der Waals surface area (Å²) >= 11 is 5.98. The van der Waals surface area contributed by atoms with Crippen LogP contribution in [-0.2, 0) is 4.79 Å². The maximum atomic E-state index is 12.8. The summed E-state index contributed by atoms with van der Waals surface area (Å²) in [7, 11) is 0. The van der Waals surface area contributed by atoms with Crippen LogP contribution in [0, 0.1) is 11.3 Å². The van der Waals surface area contributed by atoms with Crippen molar-refractivity contribution in [3.05, 3.63) is 94.5 Å².